The summed E-state index contributed by atoms with van der Waals surface area (Å²) in [7, 11) is 1.62. The van der Waals surface area contributed by atoms with Crippen LogP contribution in [0.25, 0.3) is 11.0 Å². The van der Waals surface area contributed by atoms with Crippen LogP contribution in [-0.2, 0) is 6.54 Å². The first-order valence-corrected chi connectivity index (χ1v) is 9.13. The maximum Gasteiger partial charge on any atom is 0.206 e. The predicted octanol–water partition coefficient (Wildman–Crippen LogP) is 2.24. The van der Waals surface area contributed by atoms with Gasteiger partial charge in [-0.2, -0.15) is 5.26 Å². The molecule has 28 heavy (non-hydrogen) atoms. The highest BCUT2D eigenvalue weighted by Crippen LogP contribution is 2.29. The number of halogens is 1. The highest BCUT2D eigenvalue weighted by Gasteiger charge is 2.29. The van der Waals surface area contributed by atoms with Gasteiger partial charge in [-0.1, -0.05) is 0 Å². The van der Waals surface area contributed by atoms with E-state index in [-0.39, 0.29) is 0 Å². The van der Waals surface area contributed by atoms with Crippen LogP contribution in [0.1, 0.15) is 17.7 Å². The minimum Gasteiger partial charge on any atom is -0.497 e. The van der Waals surface area contributed by atoms with Crippen molar-refractivity contribution in [2.75, 3.05) is 25.1 Å². The van der Waals surface area contributed by atoms with Gasteiger partial charge in [0.15, 0.2) is 0 Å². The number of alkyl halides is 1. The second-order valence-electron chi connectivity index (χ2n) is 6.92. The van der Waals surface area contributed by atoms with Crippen molar-refractivity contribution in [3.05, 3.63) is 47.8 Å². The number of pyridine rings is 1. The fraction of sp³-hybridized carbons (Fsp3) is 0.350. The molecule has 0 saturated carbocycles. The van der Waals surface area contributed by atoms with Crippen LogP contribution in [0.5, 0.6) is 5.75 Å². The molecule has 3 heterocycles. The van der Waals surface area contributed by atoms with E-state index in [0.717, 1.165) is 28.4 Å². The van der Waals surface area contributed by atoms with Crippen LogP contribution in [0.15, 0.2) is 36.5 Å². The fourth-order valence-corrected chi connectivity index (χ4v) is 3.50. The molecular weight excluding hydrogens is 359 g/mol. The monoisotopic (exact) mass is 380 g/mol. The molecule has 2 aromatic heterocycles. The minimum atomic E-state index is -0.991. The van der Waals surface area contributed by atoms with Crippen molar-refractivity contribution >= 4 is 17.0 Å². The first-order chi connectivity index (χ1) is 13.6. The summed E-state index contributed by atoms with van der Waals surface area (Å²) in [5.41, 5.74) is 8.99. The lowest BCUT2D eigenvalue weighted by Crippen LogP contribution is -2.50. The molecule has 0 aliphatic carbocycles. The number of nitrogens with two attached hydrogens (primary N) is 1. The summed E-state index contributed by atoms with van der Waals surface area (Å²) in [5, 5.41) is 8.98. The number of anilines is 1. The molecule has 1 aliphatic heterocycles. The van der Waals surface area contributed by atoms with Gasteiger partial charge < -0.3 is 19.9 Å². The van der Waals surface area contributed by atoms with Crippen LogP contribution in [0, 0.1) is 11.3 Å². The molecule has 0 bridgehead atoms. The topological polar surface area (TPSA) is 93.0 Å². The quantitative estimate of drug-likeness (QED) is 0.746. The lowest BCUT2D eigenvalue weighted by molar-refractivity contribution is 0.243. The summed E-state index contributed by atoms with van der Waals surface area (Å²) in [6.45, 7) is 1.42. The standard InChI is InChI=1S/C20H21FN6O/c1-28-15-4-5-18-19(8-15)27(11-14-3-2-13(9-22)10-24-14)20(25-18)26-7-6-16(21)17(23)12-26/h2-5,8,10,16-17H,6-7,11-12,23H2,1H3/t16-,17-/m1/s1. The maximum absolute atomic E-state index is 13.9. The molecule has 8 heteroatoms. The number of nitrogens with zero attached hydrogens (tertiary/aromatic N) is 5. The van der Waals surface area contributed by atoms with Gasteiger partial charge in [-0.3, -0.25) is 4.98 Å². The molecule has 1 saturated heterocycles. The SMILES string of the molecule is COc1ccc2nc(N3CC[C@@H](F)[C@H](N)C3)n(Cc3ccc(C#N)cn3)c2c1. The molecular formula is C20H21FN6O. The van der Waals surface area contributed by atoms with Gasteiger partial charge in [0.05, 0.1) is 42.0 Å². The number of hydrogen-bond acceptors (Lipinski definition) is 6. The van der Waals surface area contributed by atoms with Crippen molar-refractivity contribution < 1.29 is 9.13 Å². The number of rotatable bonds is 4. The van der Waals surface area contributed by atoms with Gasteiger partial charge in [0.2, 0.25) is 5.95 Å². The van der Waals surface area contributed by atoms with Crippen LogP contribution in [0.4, 0.5) is 10.3 Å². The molecule has 1 fully saturated rings. The van der Waals surface area contributed by atoms with E-state index in [2.05, 4.69) is 11.1 Å². The number of ether oxygens (including phenoxy) is 1. The van der Waals surface area contributed by atoms with Crippen LogP contribution in [0.3, 0.4) is 0 Å². The maximum atomic E-state index is 13.9. The number of piperidine rings is 1. The zero-order chi connectivity index (χ0) is 19.7. The van der Waals surface area contributed by atoms with E-state index in [1.54, 1.807) is 19.4 Å². The third-order valence-corrected chi connectivity index (χ3v) is 5.06. The summed E-state index contributed by atoms with van der Waals surface area (Å²) < 4.78 is 21.3. The Morgan fingerprint density at radius 1 is 1.36 bits per heavy atom. The van der Waals surface area contributed by atoms with Crippen molar-refractivity contribution in [2.45, 2.75) is 25.2 Å². The van der Waals surface area contributed by atoms with Gasteiger partial charge in [-0.15, -0.1) is 0 Å². The van der Waals surface area contributed by atoms with Gasteiger partial charge in [-0.25, -0.2) is 9.37 Å². The lowest BCUT2D eigenvalue weighted by Gasteiger charge is -2.34. The van der Waals surface area contributed by atoms with Crippen molar-refractivity contribution in [1.82, 2.24) is 14.5 Å². The molecule has 2 atom stereocenters. The van der Waals surface area contributed by atoms with E-state index >= 15 is 0 Å². The molecule has 144 valence electrons. The van der Waals surface area contributed by atoms with Crippen molar-refractivity contribution in [1.29, 1.82) is 5.26 Å². The average molecular weight is 380 g/mol. The molecule has 0 spiro atoms. The molecule has 7 nitrogen and oxygen atoms in total. The Morgan fingerprint density at radius 3 is 2.89 bits per heavy atom. The van der Waals surface area contributed by atoms with Crippen LogP contribution >= 0.6 is 0 Å². The Labute approximate surface area is 162 Å². The van der Waals surface area contributed by atoms with E-state index in [4.69, 9.17) is 20.7 Å². The van der Waals surface area contributed by atoms with Crippen LogP contribution in [0.2, 0.25) is 0 Å². The van der Waals surface area contributed by atoms with E-state index in [0.29, 0.717) is 31.6 Å². The highest BCUT2D eigenvalue weighted by molar-refractivity contribution is 5.80. The number of methoxy groups -OCH3 is 1. The summed E-state index contributed by atoms with van der Waals surface area (Å²) in [6.07, 6.45) is 0.941. The molecule has 2 N–H and O–H groups in total. The Hall–Kier alpha value is -3.18. The first-order valence-electron chi connectivity index (χ1n) is 9.13. The molecule has 1 aliphatic rings. The fourth-order valence-electron chi connectivity index (χ4n) is 3.50. The Bertz CT molecular complexity index is 1030. The Morgan fingerprint density at radius 2 is 2.21 bits per heavy atom. The van der Waals surface area contributed by atoms with Crippen molar-refractivity contribution in [3.63, 3.8) is 0 Å². The minimum absolute atomic E-state index is 0.378. The summed E-state index contributed by atoms with van der Waals surface area (Å²) >= 11 is 0. The number of benzene rings is 1. The summed E-state index contributed by atoms with van der Waals surface area (Å²) in [5.74, 6) is 1.46. The smallest absolute Gasteiger partial charge is 0.206 e. The van der Waals surface area contributed by atoms with Crippen molar-refractivity contribution in [2.24, 2.45) is 5.73 Å². The normalized spacial score (nSPS) is 19.6. The highest BCUT2D eigenvalue weighted by atomic mass is 19.1. The van der Waals surface area contributed by atoms with Gasteiger partial charge in [0.1, 0.15) is 18.0 Å². The molecule has 3 aromatic rings. The third-order valence-electron chi connectivity index (χ3n) is 5.06. The molecule has 0 amide bonds. The van der Waals surface area contributed by atoms with Crippen LogP contribution < -0.4 is 15.4 Å². The van der Waals surface area contributed by atoms with Gasteiger partial charge in [0, 0.05) is 25.4 Å². The Balaban J connectivity index is 1.77. The number of nitriles is 1. The third kappa shape index (κ3) is 3.37. The van der Waals surface area contributed by atoms with E-state index < -0.39 is 12.2 Å². The van der Waals surface area contributed by atoms with Crippen LogP contribution in [-0.4, -0.2) is 46.9 Å². The molecule has 1 aromatic carbocycles. The largest absolute Gasteiger partial charge is 0.497 e. The first kappa shape index (κ1) is 18.2. The number of fused-ring (bicyclic) bond motifs is 1. The number of imidazole rings is 1. The predicted molar refractivity (Wildman–Crippen MR) is 104 cm³/mol. The molecule has 0 unspecified atom stereocenters. The van der Waals surface area contributed by atoms with E-state index in [1.165, 1.54) is 0 Å². The molecule has 4 rings (SSSR count). The van der Waals surface area contributed by atoms with E-state index in [1.807, 2.05) is 33.7 Å². The summed E-state index contributed by atoms with van der Waals surface area (Å²) in [6, 6.07) is 10.8. The van der Waals surface area contributed by atoms with Crippen molar-refractivity contribution in [3.8, 4) is 11.8 Å². The second-order valence-corrected chi connectivity index (χ2v) is 6.92. The lowest BCUT2D eigenvalue weighted by atomic mass is 10.1. The van der Waals surface area contributed by atoms with Gasteiger partial charge in [-0.05, 0) is 30.7 Å². The molecule has 0 radical (unpaired) electrons. The summed E-state index contributed by atoms with van der Waals surface area (Å²) in [4.78, 5) is 11.2. The Kier molecular flexibility index (Phi) is 4.84. The second kappa shape index (κ2) is 7.44. The average Bonchev–Trinajstić information content (AvgIpc) is 3.08. The van der Waals surface area contributed by atoms with Gasteiger partial charge in [0.25, 0.3) is 0 Å². The van der Waals surface area contributed by atoms with Gasteiger partial charge >= 0.3 is 0 Å². The zero-order valence-corrected chi connectivity index (χ0v) is 15.5. The number of hydrogen-bond donors (Lipinski definition) is 1. The van der Waals surface area contributed by atoms with E-state index in [9.17, 15) is 4.39 Å². The zero-order valence-electron chi connectivity index (χ0n) is 15.5. The number of aromatic nitrogens is 3.